The fraction of sp³-hybridized carbons (Fsp3) is 0.200. The molecule has 0 saturated heterocycles. The third-order valence-corrected chi connectivity index (χ3v) is 4.96. The lowest BCUT2D eigenvalue weighted by Gasteiger charge is -2.40. The molecule has 0 aliphatic heterocycles. The van der Waals surface area contributed by atoms with Crippen molar-refractivity contribution >= 4 is 17.7 Å². The first-order valence-electron chi connectivity index (χ1n) is 10.1. The maximum absolute atomic E-state index is 13.4. The van der Waals surface area contributed by atoms with E-state index in [1.165, 1.54) is 7.11 Å². The predicted molar refractivity (Wildman–Crippen MR) is 120 cm³/mol. The Morgan fingerprint density at radius 2 is 1.42 bits per heavy atom. The molecule has 0 bridgehead atoms. The molecule has 3 aromatic carbocycles. The van der Waals surface area contributed by atoms with Gasteiger partial charge in [-0.1, -0.05) is 78.9 Å². The van der Waals surface area contributed by atoms with Crippen LogP contribution in [0.1, 0.15) is 24.1 Å². The summed E-state index contributed by atoms with van der Waals surface area (Å²) in [6.07, 6.45) is -0.715. The summed E-state index contributed by atoms with van der Waals surface area (Å²) in [7, 11) is 1.30. The second kappa shape index (κ2) is 10.3. The number of hydrogen-bond donors (Lipinski definition) is 2. The maximum atomic E-state index is 13.4. The van der Waals surface area contributed by atoms with Gasteiger partial charge in [0.15, 0.2) is 5.54 Å². The average molecular weight is 418 g/mol. The highest BCUT2D eigenvalue weighted by atomic mass is 16.6. The van der Waals surface area contributed by atoms with Crippen molar-refractivity contribution in [2.75, 3.05) is 19.0 Å². The molecule has 3 aromatic rings. The van der Waals surface area contributed by atoms with Crippen LogP contribution in [-0.2, 0) is 19.8 Å². The molecule has 2 N–H and O–H groups in total. The number of para-hydroxylation sites is 1. The van der Waals surface area contributed by atoms with Gasteiger partial charge in [-0.15, -0.1) is 0 Å². The lowest BCUT2D eigenvalue weighted by Crippen LogP contribution is -2.58. The van der Waals surface area contributed by atoms with Crippen LogP contribution in [0.2, 0.25) is 0 Å². The van der Waals surface area contributed by atoms with Crippen molar-refractivity contribution in [3.8, 4) is 0 Å². The second-order valence-corrected chi connectivity index (χ2v) is 6.87. The Kier molecular flexibility index (Phi) is 7.27. The third kappa shape index (κ3) is 4.86. The molecule has 2 atom stereocenters. The summed E-state index contributed by atoms with van der Waals surface area (Å²) >= 11 is 0. The summed E-state index contributed by atoms with van der Waals surface area (Å²) in [4.78, 5) is 26.1. The van der Waals surface area contributed by atoms with Crippen LogP contribution in [0.5, 0.6) is 0 Å². The van der Waals surface area contributed by atoms with Crippen LogP contribution in [0, 0.1) is 0 Å². The summed E-state index contributed by atoms with van der Waals surface area (Å²) in [5, 5.41) is 6.25. The van der Waals surface area contributed by atoms with E-state index >= 15 is 0 Å². The van der Waals surface area contributed by atoms with Crippen molar-refractivity contribution in [1.82, 2.24) is 5.32 Å². The van der Waals surface area contributed by atoms with Crippen LogP contribution < -0.4 is 10.6 Å². The van der Waals surface area contributed by atoms with Gasteiger partial charge in [0.1, 0.15) is 0 Å². The smallest absolute Gasteiger partial charge is 0.408 e. The summed E-state index contributed by atoms with van der Waals surface area (Å²) in [6, 6.07) is 27.3. The average Bonchev–Trinajstić information content (AvgIpc) is 2.82. The molecule has 0 spiro atoms. The topological polar surface area (TPSA) is 76.7 Å². The molecule has 6 heteroatoms. The van der Waals surface area contributed by atoms with Gasteiger partial charge in [0.2, 0.25) is 0 Å². The zero-order valence-corrected chi connectivity index (χ0v) is 17.6. The van der Waals surface area contributed by atoms with Crippen molar-refractivity contribution in [1.29, 1.82) is 0 Å². The number of alkyl carbamates (subject to hydrolysis) is 1. The van der Waals surface area contributed by atoms with Crippen LogP contribution in [0.25, 0.3) is 0 Å². The van der Waals surface area contributed by atoms with E-state index in [1.807, 2.05) is 78.9 Å². The quantitative estimate of drug-likeness (QED) is 0.521. The molecule has 0 heterocycles. The Hall–Kier alpha value is -3.80. The van der Waals surface area contributed by atoms with Gasteiger partial charge in [0.05, 0.1) is 19.8 Å². The van der Waals surface area contributed by atoms with E-state index in [-0.39, 0.29) is 6.61 Å². The van der Waals surface area contributed by atoms with Gasteiger partial charge in [0.25, 0.3) is 0 Å². The van der Waals surface area contributed by atoms with Gasteiger partial charge in [-0.3, -0.25) is 5.32 Å². The lowest BCUT2D eigenvalue weighted by molar-refractivity contribution is -0.149. The second-order valence-electron chi connectivity index (χ2n) is 6.87. The molecule has 0 aromatic heterocycles. The molecule has 0 radical (unpaired) electrons. The van der Waals surface area contributed by atoms with E-state index in [1.54, 1.807) is 19.1 Å². The van der Waals surface area contributed by atoms with Gasteiger partial charge in [-0.05, 0) is 30.2 Å². The Morgan fingerprint density at radius 1 is 0.871 bits per heavy atom. The van der Waals surface area contributed by atoms with Crippen LogP contribution in [0.4, 0.5) is 10.5 Å². The third-order valence-electron chi connectivity index (χ3n) is 4.96. The highest BCUT2D eigenvalue weighted by Crippen LogP contribution is 2.39. The molecule has 0 aliphatic rings. The van der Waals surface area contributed by atoms with Gasteiger partial charge in [-0.2, -0.15) is 0 Å². The Morgan fingerprint density at radius 3 is 1.97 bits per heavy atom. The first-order valence-corrected chi connectivity index (χ1v) is 10.1. The fourth-order valence-corrected chi connectivity index (χ4v) is 3.58. The van der Waals surface area contributed by atoms with Gasteiger partial charge in [0, 0.05) is 5.69 Å². The molecule has 0 fully saturated rings. The van der Waals surface area contributed by atoms with Gasteiger partial charge < -0.3 is 14.8 Å². The summed E-state index contributed by atoms with van der Waals surface area (Å²) in [5.41, 5.74) is 0.537. The van der Waals surface area contributed by atoms with E-state index in [4.69, 9.17) is 9.47 Å². The van der Waals surface area contributed by atoms with Crippen molar-refractivity contribution in [2.24, 2.45) is 0 Å². The lowest BCUT2D eigenvalue weighted by atomic mass is 9.78. The molecule has 1 amide bonds. The molecule has 0 unspecified atom stereocenters. The Labute approximate surface area is 182 Å². The predicted octanol–water partition coefficient (Wildman–Crippen LogP) is 4.65. The van der Waals surface area contributed by atoms with E-state index in [9.17, 15) is 9.59 Å². The van der Waals surface area contributed by atoms with Crippen LogP contribution >= 0.6 is 0 Å². The molecular formula is C25H26N2O4. The summed E-state index contributed by atoms with van der Waals surface area (Å²) < 4.78 is 10.4. The van der Waals surface area contributed by atoms with Crippen LogP contribution in [-0.4, -0.2) is 25.8 Å². The maximum Gasteiger partial charge on any atom is 0.408 e. The number of carbonyl (C=O) groups excluding carboxylic acids is 2. The van der Waals surface area contributed by atoms with Crippen LogP contribution in [0.15, 0.2) is 91.0 Å². The minimum absolute atomic E-state index is 0.167. The zero-order valence-electron chi connectivity index (χ0n) is 17.6. The van der Waals surface area contributed by atoms with E-state index in [0.29, 0.717) is 5.56 Å². The van der Waals surface area contributed by atoms with E-state index in [0.717, 1.165) is 11.3 Å². The molecule has 31 heavy (non-hydrogen) atoms. The zero-order chi connectivity index (χ0) is 22.1. The van der Waals surface area contributed by atoms with Crippen molar-refractivity contribution in [2.45, 2.75) is 18.5 Å². The van der Waals surface area contributed by atoms with E-state index in [2.05, 4.69) is 10.6 Å². The molecule has 6 nitrogen and oxygen atoms in total. The SMILES string of the molecule is CCOC(=O)N[C@](C(=O)OC)(c1ccccc1)[C@@H](Nc1ccccc1)c1ccccc1. The minimum Gasteiger partial charge on any atom is -0.467 e. The monoisotopic (exact) mass is 418 g/mol. The molecule has 3 rings (SSSR count). The first kappa shape index (κ1) is 21.9. The van der Waals surface area contributed by atoms with Gasteiger partial charge in [-0.25, -0.2) is 9.59 Å². The number of anilines is 1. The fourth-order valence-electron chi connectivity index (χ4n) is 3.58. The summed E-state index contributed by atoms with van der Waals surface area (Å²) in [5.74, 6) is -0.621. The number of ether oxygens (including phenoxy) is 2. The number of nitrogens with one attached hydrogen (secondary N) is 2. The standard InChI is InChI=1S/C25H26N2O4/c1-3-31-24(29)27-25(23(28)30-2,20-15-9-5-10-16-20)22(19-13-7-4-8-14-19)26-21-17-11-6-12-18-21/h4-18,22,26H,3H2,1-2H3,(H,27,29)/t22-,25+/m0/s1. The number of hydrogen-bond acceptors (Lipinski definition) is 5. The normalized spacial score (nSPS) is 13.4. The first-order chi connectivity index (χ1) is 15.1. The van der Waals surface area contributed by atoms with Crippen molar-refractivity contribution in [3.63, 3.8) is 0 Å². The summed E-state index contributed by atoms with van der Waals surface area (Å²) in [6.45, 7) is 1.87. The molecule has 160 valence electrons. The highest BCUT2D eigenvalue weighted by molar-refractivity contribution is 5.89. The molecular weight excluding hydrogens is 392 g/mol. The Balaban J connectivity index is 2.25. The number of benzene rings is 3. The number of esters is 1. The number of amides is 1. The number of methoxy groups -OCH3 is 1. The number of rotatable bonds is 8. The van der Waals surface area contributed by atoms with Gasteiger partial charge >= 0.3 is 12.1 Å². The minimum atomic E-state index is -1.60. The molecule has 0 aliphatic carbocycles. The van der Waals surface area contributed by atoms with Crippen LogP contribution in [0.3, 0.4) is 0 Å². The Bertz CT molecular complexity index is 980. The number of carbonyl (C=O) groups is 2. The largest absolute Gasteiger partial charge is 0.467 e. The van der Waals surface area contributed by atoms with Crippen molar-refractivity contribution in [3.05, 3.63) is 102 Å². The van der Waals surface area contributed by atoms with E-state index < -0.39 is 23.6 Å². The molecule has 0 saturated carbocycles. The highest BCUT2D eigenvalue weighted by Gasteiger charge is 2.51. The van der Waals surface area contributed by atoms with Crippen molar-refractivity contribution < 1.29 is 19.1 Å².